The summed E-state index contributed by atoms with van der Waals surface area (Å²) in [6, 6.07) is 6.47. The lowest BCUT2D eigenvalue weighted by atomic mass is 10.1. The summed E-state index contributed by atoms with van der Waals surface area (Å²) in [6.07, 6.45) is 0. The number of Topliss-reactive ketones (excluding diaryl/α,β-unsaturated/α-hetero) is 1. The molecule has 1 rings (SSSR count). The predicted molar refractivity (Wildman–Crippen MR) is 60.6 cm³/mol. The van der Waals surface area contributed by atoms with E-state index in [1.807, 2.05) is 0 Å². The summed E-state index contributed by atoms with van der Waals surface area (Å²) < 4.78 is 0. The van der Waals surface area contributed by atoms with Gasteiger partial charge in [-0.15, -0.1) is 0 Å². The number of hydrogen-bond donors (Lipinski definition) is 1. The molecule has 0 fully saturated rings. The van der Waals surface area contributed by atoms with Gasteiger partial charge in [0.2, 0.25) is 0 Å². The topological polar surface area (TPSA) is 46.2 Å². The van der Waals surface area contributed by atoms with Crippen molar-refractivity contribution in [1.29, 1.82) is 0 Å². The van der Waals surface area contributed by atoms with Crippen molar-refractivity contribution in [2.24, 2.45) is 0 Å². The number of halogens is 2. The molecule has 0 bridgehead atoms. The maximum absolute atomic E-state index is 11.1. The molecule has 80 valence electrons. The first-order valence-electron chi connectivity index (χ1n) is 4.20. The van der Waals surface area contributed by atoms with Crippen LogP contribution in [0.3, 0.4) is 0 Å². The number of benzene rings is 1. The van der Waals surface area contributed by atoms with Crippen LogP contribution in [0.2, 0.25) is 0 Å². The minimum Gasteiger partial charge on any atom is -0.324 e. The third kappa shape index (κ3) is 3.53. The van der Waals surface area contributed by atoms with Crippen LogP contribution < -0.4 is 5.32 Å². The highest BCUT2D eigenvalue weighted by atomic mass is 35.5. The average molecular weight is 246 g/mol. The first-order chi connectivity index (χ1) is 7.00. The fourth-order valence-corrected chi connectivity index (χ4v) is 1.09. The Morgan fingerprint density at radius 1 is 1.20 bits per heavy atom. The minimum atomic E-state index is -1.10. The van der Waals surface area contributed by atoms with Gasteiger partial charge < -0.3 is 5.32 Å². The van der Waals surface area contributed by atoms with Crippen molar-refractivity contribution >= 4 is 40.6 Å². The predicted octanol–water partition coefficient (Wildman–Crippen LogP) is 2.63. The van der Waals surface area contributed by atoms with Gasteiger partial charge >= 0.3 is 0 Å². The van der Waals surface area contributed by atoms with Gasteiger partial charge in [0.05, 0.1) is 0 Å². The van der Waals surface area contributed by atoms with Crippen LogP contribution in [0.4, 0.5) is 5.69 Å². The van der Waals surface area contributed by atoms with Gasteiger partial charge in [-0.1, -0.05) is 23.2 Å². The lowest BCUT2D eigenvalue weighted by Crippen LogP contribution is -2.18. The van der Waals surface area contributed by atoms with E-state index in [1.54, 1.807) is 24.3 Å². The molecule has 0 aliphatic carbocycles. The Bertz CT molecular complexity index is 374. The molecule has 0 heterocycles. The monoisotopic (exact) mass is 245 g/mol. The molecule has 15 heavy (non-hydrogen) atoms. The third-order valence-corrected chi connectivity index (χ3v) is 2.15. The second-order valence-corrected chi connectivity index (χ2v) is 4.02. The number of amides is 1. The van der Waals surface area contributed by atoms with Crippen LogP contribution in [0, 0.1) is 0 Å². The zero-order valence-electron chi connectivity index (χ0n) is 7.96. The van der Waals surface area contributed by atoms with Gasteiger partial charge in [-0.05, 0) is 31.2 Å². The highest BCUT2D eigenvalue weighted by Crippen LogP contribution is 2.12. The summed E-state index contributed by atoms with van der Waals surface area (Å²) >= 11 is 10.7. The van der Waals surface area contributed by atoms with E-state index in [2.05, 4.69) is 5.32 Å². The molecule has 1 amide bonds. The van der Waals surface area contributed by atoms with E-state index in [4.69, 9.17) is 23.2 Å². The van der Waals surface area contributed by atoms with Crippen molar-refractivity contribution in [3.63, 3.8) is 0 Å². The van der Waals surface area contributed by atoms with Gasteiger partial charge in [-0.25, -0.2) is 0 Å². The summed E-state index contributed by atoms with van der Waals surface area (Å²) in [5.74, 6) is -0.519. The molecular formula is C10H9Cl2NO2. The number of alkyl halides is 2. The van der Waals surface area contributed by atoms with E-state index in [1.165, 1.54) is 6.92 Å². The molecule has 3 nitrogen and oxygen atoms in total. The lowest BCUT2D eigenvalue weighted by molar-refractivity contribution is -0.114. The molecule has 0 aromatic heterocycles. The van der Waals surface area contributed by atoms with Gasteiger partial charge in [0, 0.05) is 11.3 Å². The van der Waals surface area contributed by atoms with Crippen LogP contribution in [0.1, 0.15) is 17.3 Å². The molecule has 0 unspecified atom stereocenters. The molecule has 0 aliphatic heterocycles. The van der Waals surface area contributed by atoms with E-state index < -0.39 is 10.7 Å². The number of carbonyl (C=O) groups excluding carboxylic acids is 2. The molecule has 1 N–H and O–H groups in total. The molecular weight excluding hydrogens is 237 g/mol. The van der Waals surface area contributed by atoms with Crippen molar-refractivity contribution in [3.8, 4) is 0 Å². The molecule has 5 heteroatoms. The van der Waals surface area contributed by atoms with Crippen molar-refractivity contribution in [2.45, 2.75) is 11.8 Å². The SMILES string of the molecule is CC(=O)c1ccc(NC(=O)C(Cl)Cl)cc1. The highest BCUT2D eigenvalue weighted by Gasteiger charge is 2.11. The number of anilines is 1. The van der Waals surface area contributed by atoms with Crippen molar-refractivity contribution < 1.29 is 9.59 Å². The molecule has 0 atom stereocenters. The highest BCUT2D eigenvalue weighted by molar-refractivity contribution is 6.54. The smallest absolute Gasteiger partial charge is 0.257 e. The van der Waals surface area contributed by atoms with Gasteiger partial charge in [-0.3, -0.25) is 9.59 Å². The molecule has 0 saturated heterocycles. The summed E-state index contributed by atoms with van der Waals surface area (Å²) in [5.41, 5.74) is 1.14. The van der Waals surface area contributed by atoms with Gasteiger partial charge in [0.25, 0.3) is 5.91 Å². The molecule has 1 aromatic rings. The Kier molecular flexibility index (Phi) is 4.12. The zero-order chi connectivity index (χ0) is 11.4. The largest absolute Gasteiger partial charge is 0.324 e. The van der Waals surface area contributed by atoms with E-state index in [9.17, 15) is 9.59 Å². The Balaban J connectivity index is 2.73. The minimum absolute atomic E-state index is 0.0274. The summed E-state index contributed by atoms with van der Waals surface area (Å²) in [7, 11) is 0. The zero-order valence-corrected chi connectivity index (χ0v) is 9.47. The average Bonchev–Trinajstić information content (AvgIpc) is 2.18. The Morgan fingerprint density at radius 3 is 2.13 bits per heavy atom. The van der Waals surface area contributed by atoms with E-state index >= 15 is 0 Å². The first-order valence-corrected chi connectivity index (χ1v) is 5.08. The Hall–Kier alpha value is -1.06. The van der Waals surface area contributed by atoms with E-state index in [-0.39, 0.29) is 5.78 Å². The maximum Gasteiger partial charge on any atom is 0.257 e. The van der Waals surface area contributed by atoms with Crippen molar-refractivity contribution in [3.05, 3.63) is 29.8 Å². The fraction of sp³-hybridized carbons (Fsp3) is 0.200. The number of rotatable bonds is 3. The van der Waals surface area contributed by atoms with Gasteiger partial charge in [-0.2, -0.15) is 0 Å². The van der Waals surface area contributed by atoms with Gasteiger partial charge in [0.1, 0.15) is 0 Å². The summed E-state index contributed by atoms with van der Waals surface area (Å²) in [4.78, 5) is 20.9. The molecule has 0 saturated carbocycles. The summed E-state index contributed by atoms with van der Waals surface area (Å²) in [6.45, 7) is 1.47. The van der Waals surface area contributed by atoms with E-state index in [0.717, 1.165) is 0 Å². The van der Waals surface area contributed by atoms with Crippen molar-refractivity contribution in [2.75, 3.05) is 5.32 Å². The first kappa shape index (κ1) is 12.0. The van der Waals surface area contributed by atoms with Crippen molar-refractivity contribution in [1.82, 2.24) is 0 Å². The molecule has 0 radical (unpaired) electrons. The van der Waals surface area contributed by atoms with Crippen LogP contribution in [0.5, 0.6) is 0 Å². The lowest BCUT2D eigenvalue weighted by Gasteiger charge is -2.05. The van der Waals surface area contributed by atoms with Gasteiger partial charge in [0.15, 0.2) is 10.6 Å². The van der Waals surface area contributed by atoms with Crippen LogP contribution in [0.25, 0.3) is 0 Å². The fourth-order valence-electron chi connectivity index (χ4n) is 0.985. The number of nitrogens with one attached hydrogen (secondary N) is 1. The number of carbonyl (C=O) groups is 2. The number of hydrogen-bond acceptors (Lipinski definition) is 2. The third-order valence-electron chi connectivity index (χ3n) is 1.76. The molecule has 1 aromatic carbocycles. The molecule has 0 aliphatic rings. The quantitative estimate of drug-likeness (QED) is 0.658. The second-order valence-electron chi connectivity index (χ2n) is 2.92. The normalized spacial score (nSPS) is 10.1. The Labute approximate surface area is 97.4 Å². The summed E-state index contributed by atoms with van der Waals surface area (Å²) in [5, 5.41) is 2.49. The standard InChI is InChI=1S/C10H9Cl2NO2/c1-6(14)7-2-4-8(5-3-7)13-10(15)9(11)12/h2-5,9H,1H3,(H,13,15). The maximum atomic E-state index is 11.1. The van der Waals surface area contributed by atoms with Crippen LogP contribution >= 0.6 is 23.2 Å². The Morgan fingerprint density at radius 2 is 1.73 bits per heavy atom. The van der Waals surface area contributed by atoms with Crippen LogP contribution in [0.15, 0.2) is 24.3 Å². The van der Waals surface area contributed by atoms with Crippen LogP contribution in [-0.2, 0) is 4.79 Å². The second kappa shape index (κ2) is 5.14. The number of ketones is 1. The van der Waals surface area contributed by atoms with E-state index in [0.29, 0.717) is 11.3 Å². The molecule has 0 spiro atoms. The van der Waals surface area contributed by atoms with Crippen LogP contribution in [-0.4, -0.2) is 16.5 Å².